The largest absolute Gasteiger partial charge is 0.388 e. The number of hydrogen-bond donors (Lipinski definition) is 1. The third-order valence-electron chi connectivity index (χ3n) is 3.67. The topological polar surface area (TPSA) is 67.6 Å². The summed E-state index contributed by atoms with van der Waals surface area (Å²) in [5, 5.41) is 14.8. The average Bonchev–Trinajstić information content (AvgIpc) is 2.63. The second-order valence-electron chi connectivity index (χ2n) is 5.26. The Morgan fingerprint density at radius 3 is 2.74 bits per heavy atom. The highest BCUT2D eigenvalue weighted by atomic mass is 16.5. The van der Waals surface area contributed by atoms with Crippen LogP contribution in [0.15, 0.2) is 0 Å². The molecule has 0 atom stereocenters. The third-order valence-corrected chi connectivity index (χ3v) is 3.67. The van der Waals surface area contributed by atoms with Crippen LogP contribution < -0.4 is 4.90 Å². The number of likely N-dealkylation sites (N-methyl/N-ethyl adjacent to an activating group) is 1. The minimum Gasteiger partial charge on any atom is -0.388 e. The number of carbonyl (C=O) groups is 1. The zero-order chi connectivity index (χ0) is 14.0. The number of aliphatic hydroxyl groups is 1. The van der Waals surface area contributed by atoms with Crippen molar-refractivity contribution in [1.29, 1.82) is 0 Å². The Labute approximate surface area is 113 Å². The van der Waals surface area contributed by atoms with Gasteiger partial charge in [-0.25, -0.2) is 0 Å². The Balaban J connectivity index is 2.19. The second kappa shape index (κ2) is 5.30. The monoisotopic (exact) mass is 267 g/mol. The summed E-state index contributed by atoms with van der Waals surface area (Å²) in [5.74, 6) is 0.743. The standard InChI is InChI=1S/C13H21N3O3/c1-10-11(8-17)12(16(3)14-10)15(2)9-13(18)4-6-19-7-5-13/h8,18H,4-7,9H2,1-3H3. The van der Waals surface area contributed by atoms with E-state index in [-0.39, 0.29) is 0 Å². The fraction of sp³-hybridized carbons (Fsp3) is 0.692. The first-order valence-electron chi connectivity index (χ1n) is 6.47. The number of hydrogen-bond acceptors (Lipinski definition) is 5. The first kappa shape index (κ1) is 14.0. The van der Waals surface area contributed by atoms with Gasteiger partial charge < -0.3 is 14.7 Å². The molecule has 2 rings (SSSR count). The fourth-order valence-electron chi connectivity index (χ4n) is 2.68. The number of anilines is 1. The van der Waals surface area contributed by atoms with Crippen LogP contribution in [0.25, 0.3) is 0 Å². The van der Waals surface area contributed by atoms with E-state index >= 15 is 0 Å². The molecule has 6 heteroatoms. The molecule has 106 valence electrons. The maximum atomic E-state index is 11.2. The lowest BCUT2D eigenvalue weighted by Crippen LogP contribution is -2.46. The minimum absolute atomic E-state index is 0.468. The Hall–Kier alpha value is -1.40. The molecule has 0 aromatic carbocycles. The summed E-state index contributed by atoms with van der Waals surface area (Å²) in [6.45, 7) is 3.44. The lowest BCUT2D eigenvalue weighted by atomic mass is 9.94. The van der Waals surface area contributed by atoms with Crippen molar-refractivity contribution < 1.29 is 14.6 Å². The zero-order valence-corrected chi connectivity index (χ0v) is 11.7. The maximum absolute atomic E-state index is 11.2. The average molecular weight is 267 g/mol. The minimum atomic E-state index is -0.759. The molecule has 2 heterocycles. The Morgan fingerprint density at radius 1 is 1.53 bits per heavy atom. The molecule has 0 spiro atoms. The van der Waals surface area contributed by atoms with Crippen LogP contribution in [-0.4, -0.2) is 53.6 Å². The molecule has 0 radical (unpaired) electrons. The van der Waals surface area contributed by atoms with Crippen LogP contribution in [0.5, 0.6) is 0 Å². The Kier molecular flexibility index (Phi) is 3.91. The first-order chi connectivity index (χ1) is 8.97. The zero-order valence-electron chi connectivity index (χ0n) is 11.7. The summed E-state index contributed by atoms with van der Waals surface area (Å²) in [6.07, 6.45) is 2.05. The Morgan fingerprint density at radius 2 is 2.16 bits per heavy atom. The SMILES string of the molecule is Cc1nn(C)c(N(C)CC2(O)CCOCC2)c1C=O. The number of carbonyl (C=O) groups excluding carboxylic acids is 1. The molecule has 0 aliphatic carbocycles. The molecular weight excluding hydrogens is 246 g/mol. The lowest BCUT2D eigenvalue weighted by molar-refractivity contribution is -0.0573. The summed E-state index contributed by atoms with van der Waals surface area (Å²) in [7, 11) is 3.68. The van der Waals surface area contributed by atoms with Gasteiger partial charge >= 0.3 is 0 Å². The number of aryl methyl sites for hydroxylation is 2. The van der Waals surface area contributed by atoms with Crippen molar-refractivity contribution in [3.8, 4) is 0 Å². The van der Waals surface area contributed by atoms with Crippen molar-refractivity contribution in [2.45, 2.75) is 25.4 Å². The van der Waals surface area contributed by atoms with Gasteiger partial charge in [0.1, 0.15) is 5.82 Å². The summed E-state index contributed by atoms with van der Waals surface area (Å²) in [6, 6.07) is 0. The molecule has 1 aromatic rings. The molecule has 6 nitrogen and oxygen atoms in total. The van der Waals surface area contributed by atoms with E-state index in [2.05, 4.69) is 5.10 Å². The number of aldehydes is 1. The van der Waals surface area contributed by atoms with Crippen LogP contribution in [0.2, 0.25) is 0 Å². The van der Waals surface area contributed by atoms with Crippen molar-refractivity contribution >= 4 is 12.1 Å². The third kappa shape index (κ3) is 2.79. The first-order valence-corrected chi connectivity index (χ1v) is 6.47. The molecule has 0 amide bonds. The number of ether oxygens (including phenoxy) is 1. The smallest absolute Gasteiger partial charge is 0.155 e. The molecule has 1 aliphatic rings. The van der Waals surface area contributed by atoms with Gasteiger partial charge in [0.2, 0.25) is 0 Å². The summed E-state index contributed by atoms with van der Waals surface area (Å²) < 4.78 is 6.95. The van der Waals surface area contributed by atoms with Crippen LogP contribution in [0.1, 0.15) is 28.9 Å². The highest BCUT2D eigenvalue weighted by Crippen LogP contribution is 2.26. The molecule has 0 unspecified atom stereocenters. The molecule has 19 heavy (non-hydrogen) atoms. The van der Waals surface area contributed by atoms with Crippen molar-refractivity contribution in [3.05, 3.63) is 11.3 Å². The van der Waals surface area contributed by atoms with Gasteiger partial charge in [-0.3, -0.25) is 9.48 Å². The van der Waals surface area contributed by atoms with Crippen LogP contribution >= 0.6 is 0 Å². The van der Waals surface area contributed by atoms with E-state index in [0.29, 0.717) is 43.9 Å². The van der Waals surface area contributed by atoms with Crippen molar-refractivity contribution in [2.75, 3.05) is 31.7 Å². The quantitative estimate of drug-likeness (QED) is 0.806. The van der Waals surface area contributed by atoms with Crippen molar-refractivity contribution in [1.82, 2.24) is 9.78 Å². The summed E-state index contributed by atoms with van der Waals surface area (Å²) in [5.41, 5.74) is 0.532. The Bertz CT molecular complexity index is 464. The number of rotatable bonds is 4. The van der Waals surface area contributed by atoms with Gasteiger partial charge in [0.15, 0.2) is 6.29 Å². The molecule has 1 fully saturated rings. The maximum Gasteiger partial charge on any atom is 0.155 e. The molecule has 0 bridgehead atoms. The predicted molar refractivity (Wildman–Crippen MR) is 71.6 cm³/mol. The molecule has 1 aliphatic heterocycles. The highest BCUT2D eigenvalue weighted by Gasteiger charge is 2.32. The van der Waals surface area contributed by atoms with Gasteiger partial charge in [-0.15, -0.1) is 0 Å². The van der Waals surface area contributed by atoms with E-state index in [1.165, 1.54) is 0 Å². The lowest BCUT2D eigenvalue weighted by Gasteiger charge is -2.36. The van der Waals surface area contributed by atoms with Crippen LogP contribution in [0.4, 0.5) is 5.82 Å². The van der Waals surface area contributed by atoms with Gasteiger partial charge in [-0.1, -0.05) is 0 Å². The van der Waals surface area contributed by atoms with E-state index in [9.17, 15) is 9.90 Å². The van der Waals surface area contributed by atoms with Crippen LogP contribution in [0, 0.1) is 6.92 Å². The van der Waals surface area contributed by atoms with E-state index in [0.717, 1.165) is 12.1 Å². The normalized spacial score (nSPS) is 18.3. The van der Waals surface area contributed by atoms with E-state index < -0.39 is 5.60 Å². The molecule has 1 aromatic heterocycles. The fourth-order valence-corrected chi connectivity index (χ4v) is 2.68. The van der Waals surface area contributed by atoms with Crippen molar-refractivity contribution in [3.63, 3.8) is 0 Å². The van der Waals surface area contributed by atoms with Crippen molar-refractivity contribution in [2.24, 2.45) is 7.05 Å². The van der Waals surface area contributed by atoms with E-state index in [1.807, 2.05) is 18.9 Å². The van der Waals surface area contributed by atoms with E-state index in [1.54, 1.807) is 11.7 Å². The van der Waals surface area contributed by atoms with E-state index in [4.69, 9.17) is 4.74 Å². The van der Waals surface area contributed by atoms with Gasteiger partial charge in [0.25, 0.3) is 0 Å². The van der Waals surface area contributed by atoms with Crippen LogP contribution in [-0.2, 0) is 11.8 Å². The second-order valence-corrected chi connectivity index (χ2v) is 5.26. The summed E-state index contributed by atoms with van der Waals surface area (Å²) >= 11 is 0. The van der Waals surface area contributed by atoms with Gasteiger partial charge in [-0.05, 0) is 6.92 Å². The summed E-state index contributed by atoms with van der Waals surface area (Å²) in [4.78, 5) is 13.1. The number of aromatic nitrogens is 2. The van der Waals surface area contributed by atoms with Gasteiger partial charge in [0, 0.05) is 46.7 Å². The number of nitrogens with zero attached hydrogens (tertiary/aromatic N) is 3. The predicted octanol–water partition coefficient (Wildman–Crippen LogP) is 0.519. The highest BCUT2D eigenvalue weighted by molar-refractivity contribution is 5.84. The van der Waals surface area contributed by atoms with Gasteiger partial charge in [0.05, 0.1) is 16.9 Å². The molecule has 1 saturated heterocycles. The van der Waals surface area contributed by atoms with Gasteiger partial charge in [-0.2, -0.15) is 5.10 Å². The molecule has 1 N–H and O–H groups in total. The molecular formula is C13H21N3O3. The molecule has 0 saturated carbocycles. The van der Waals surface area contributed by atoms with Crippen LogP contribution in [0.3, 0.4) is 0 Å².